The molecule has 0 N–H and O–H groups in total. The minimum absolute atomic E-state index is 0.0499. The van der Waals surface area contributed by atoms with Crippen LogP contribution in [0.3, 0.4) is 0 Å². The van der Waals surface area contributed by atoms with E-state index in [1.54, 1.807) is 61.5 Å². The lowest BCUT2D eigenvalue weighted by molar-refractivity contribution is 0.0549. The van der Waals surface area contributed by atoms with Crippen molar-refractivity contribution in [3.8, 4) is 22.7 Å². The number of ether oxygens (including phenoxy) is 3. The average molecular weight is 518 g/mol. The number of esters is 2. The van der Waals surface area contributed by atoms with Gasteiger partial charge in [-0.05, 0) is 42.5 Å². The van der Waals surface area contributed by atoms with Gasteiger partial charge in [-0.25, -0.2) is 14.3 Å². The van der Waals surface area contributed by atoms with Crippen LogP contribution in [0.4, 0.5) is 0 Å². The first kappa shape index (κ1) is 23.4. The fraction of sp³-hybridized carbons (Fsp3) is 0.182. The Hall–Kier alpha value is -3.24. The molecule has 0 fully saturated rings. The molecular formula is C22H20BrN3O5S. The van der Waals surface area contributed by atoms with Crippen molar-refractivity contribution in [3.05, 3.63) is 64.3 Å². The molecule has 0 saturated carbocycles. The van der Waals surface area contributed by atoms with Crippen LogP contribution in [0.5, 0.6) is 5.75 Å². The summed E-state index contributed by atoms with van der Waals surface area (Å²) < 4.78 is 17.9. The molecule has 0 aliphatic heterocycles. The molecule has 0 aliphatic carbocycles. The van der Waals surface area contributed by atoms with E-state index in [2.05, 4.69) is 21.0 Å². The molecule has 3 aromatic rings. The van der Waals surface area contributed by atoms with Crippen molar-refractivity contribution in [2.24, 2.45) is 0 Å². The number of rotatable bonds is 5. The van der Waals surface area contributed by atoms with Crippen LogP contribution in [0.2, 0.25) is 0 Å². The van der Waals surface area contributed by atoms with Gasteiger partial charge in [0, 0.05) is 24.1 Å². The number of halogens is 1. The third-order valence-electron chi connectivity index (χ3n) is 4.42. The van der Waals surface area contributed by atoms with Gasteiger partial charge in [0.15, 0.2) is 5.69 Å². The van der Waals surface area contributed by atoms with E-state index >= 15 is 0 Å². The Morgan fingerprint density at radius 2 is 1.69 bits per heavy atom. The molecule has 0 radical (unpaired) electrons. The van der Waals surface area contributed by atoms with E-state index < -0.39 is 11.9 Å². The number of methoxy groups -OCH3 is 2. The Balaban J connectivity index is 2.35. The molecule has 2 aromatic carbocycles. The molecule has 166 valence electrons. The SMILES string of the molecule is COC(=O)c1c(-c2ccc(Br)cc2OC(=S)N(C)C)nn(-c2ccccc2)c1C(=O)OC. The Labute approximate surface area is 198 Å². The summed E-state index contributed by atoms with van der Waals surface area (Å²) in [7, 11) is 5.96. The first-order valence-electron chi connectivity index (χ1n) is 9.32. The van der Waals surface area contributed by atoms with Gasteiger partial charge in [0.05, 0.1) is 19.9 Å². The summed E-state index contributed by atoms with van der Waals surface area (Å²) >= 11 is 8.70. The molecule has 32 heavy (non-hydrogen) atoms. The zero-order valence-corrected chi connectivity index (χ0v) is 20.2. The predicted octanol–water partition coefficient (Wildman–Crippen LogP) is 4.10. The van der Waals surface area contributed by atoms with E-state index in [-0.39, 0.29) is 22.1 Å². The number of para-hydroxylation sites is 1. The van der Waals surface area contributed by atoms with Gasteiger partial charge in [0.2, 0.25) is 0 Å². The Kier molecular flexibility index (Phi) is 7.26. The highest BCUT2D eigenvalue weighted by Gasteiger charge is 2.32. The summed E-state index contributed by atoms with van der Waals surface area (Å²) in [6.07, 6.45) is 0. The van der Waals surface area contributed by atoms with Crippen LogP contribution in [0.15, 0.2) is 53.0 Å². The molecule has 3 rings (SSSR count). The van der Waals surface area contributed by atoms with Crippen LogP contribution in [0.25, 0.3) is 16.9 Å². The lowest BCUT2D eigenvalue weighted by Gasteiger charge is -2.16. The second-order valence-corrected chi connectivity index (χ2v) is 7.97. The molecule has 0 bridgehead atoms. The van der Waals surface area contributed by atoms with Crippen LogP contribution in [-0.2, 0) is 9.47 Å². The number of thiocarbonyl (C=S) groups is 1. The predicted molar refractivity (Wildman–Crippen MR) is 126 cm³/mol. The Morgan fingerprint density at radius 3 is 2.28 bits per heavy atom. The molecular weight excluding hydrogens is 498 g/mol. The third-order valence-corrected chi connectivity index (χ3v) is 5.36. The number of aromatic nitrogens is 2. The number of benzene rings is 2. The van der Waals surface area contributed by atoms with Gasteiger partial charge in [-0.3, -0.25) is 0 Å². The number of carbonyl (C=O) groups is 2. The third kappa shape index (κ3) is 4.66. The number of hydrogen-bond acceptors (Lipinski definition) is 7. The van der Waals surface area contributed by atoms with Gasteiger partial charge in [-0.1, -0.05) is 34.1 Å². The minimum atomic E-state index is -0.744. The van der Waals surface area contributed by atoms with E-state index in [0.717, 1.165) is 4.47 Å². The Bertz CT molecular complexity index is 1180. The summed E-state index contributed by atoms with van der Waals surface area (Å²) in [5, 5.41) is 4.80. The zero-order valence-electron chi connectivity index (χ0n) is 17.8. The highest BCUT2D eigenvalue weighted by atomic mass is 79.9. The topological polar surface area (TPSA) is 82.9 Å². The molecule has 0 atom stereocenters. The van der Waals surface area contributed by atoms with E-state index in [9.17, 15) is 9.59 Å². The molecule has 0 unspecified atom stereocenters. The van der Waals surface area contributed by atoms with Crippen molar-refractivity contribution in [3.63, 3.8) is 0 Å². The van der Waals surface area contributed by atoms with E-state index in [0.29, 0.717) is 17.0 Å². The first-order valence-corrected chi connectivity index (χ1v) is 10.5. The first-order chi connectivity index (χ1) is 15.3. The molecule has 0 saturated heterocycles. The molecule has 0 spiro atoms. The van der Waals surface area contributed by atoms with Gasteiger partial charge in [-0.15, -0.1) is 0 Å². The molecule has 1 heterocycles. The van der Waals surface area contributed by atoms with Crippen molar-refractivity contribution in [1.29, 1.82) is 0 Å². The summed E-state index contributed by atoms with van der Waals surface area (Å²) in [5.74, 6) is -1.14. The second kappa shape index (κ2) is 9.92. The Morgan fingerprint density at radius 1 is 1.03 bits per heavy atom. The van der Waals surface area contributed by atoms with Crippen LogP contribution in [0, 0.1) is 0 Å². The molecule has 8 nitrogen and oxygen atoms in total. The van der Waals surface area contributed by atoms with Crippen molar-refractivity contribution in [1.82, 2.24) is 14.7 Å². The van der Waals surface area contributed by atoms with Gasteiger partial charge in [0.25, 0.3) is 5.17 Å². The maximum Gasteiger partial charge on any atom is 0.357 e. The standard InChI is InChI=1S/C22H20BrN3O5S/c1-25(2)22(32)31-16-12-13(23)10-11-15(16)18-17(20(27)29-3)19(21(28)30-4)26(24-18)14-8-6-5-7-9-14/h5-12H,1-4H3. The fourth-order valence-electron chi connectivity index (χ4n) is 2.90. The van der Waals surface area contributed by atoms with E-state index in [1.807, 2.05) is 6.07 Å². The normalized spacial score (nSPS) is 10.4. The minimum Gasteiger partial charge on any atom is -0.465 e. The van der Waals surface area contributed by atoms with E-state index in [4.69, 9.17) is 26.4 Å². The largest absolute Gasteiger partial charge is 0.465 e. The van der Waals surface area contributed by atoms with Crippen molar-refractivity contribution in [2.75, 3.05) is 28.3 Å². The highest BCUT2D eigenvalue weighted by Crippen LogP contribution is 2.37. The lowest BCUT2D eigenvalue weighted by atomic mass is 10.0. The zero-order chi connectivity index (χ0) is 23.4. The number of carbonyl (C=O) groups excluding carboxylic acids is 2. The van der Waals surface area contributed by atoms with Crippen molar-refractivity contribution in [2.45, 2.75) is 0 Å². The molecule has 0 amide bonds. The van der Waals surface area contributed by atoms with Gasteiger partial charge in [0.1, 0.15) is 17.0 Å². The van der Waals surface area contributed by atoms with Crippen LogP contribution < -0.4 is 4.74 Å². The van der Waals surface area contributed by atoms with Gasteiger partial charge in [-0.2, -0.15) is 5.10 Å². The summed E-state index contributed by atoms with van der Waals surface area (Å²) in [5.41, 5.74) is 1.08. The second-order valence-electron chi connectivity index (χ2n) is 6.71. The monoisotopic (exact) mass is 517 g/mol. The number of nitrogens with zero attached hydrogens (tertiary/aromatic N) is 3. The molecule has 1 aromatic heterocycles. The lowest BCUT2D eigenvalue weighted by Crippen LogP contribution is -2.25. The quantitative estimate of drug-likeness (QED) is 0.369. The maximum atomic E-state index is 12.8. The van der Waals surface area contributed by atoms with Gasteiger partial charge < -0.3 is 19.1 Å². The van der Waals surface area contributed by atoms with Crippen molar-refractivity contribution < 1.29 is 23.8 Å². The molecule has 10 heteroatoms. The fourth-order valence-corrected chi connectivity index (χ4v) is 3.33. The smallest absolute Gasteiger partial charge is 0.357 e. The summed E-state index contributed by atoms with van der Waals surface area (Å²) in [4.78, 5) is 27.2. The number of hydrogen-bond donors (Lipinski definition) is 0. The van der Waals surface area contributed by atoms with Crippen LogP contribution in [0.1, 0.15) is 20.8 Å². The molecule has 0 aliphatic rings. The van der Waals surface area contributed by atoms with Gasteiger partial charge >= 0.3 is 11.9 Å². The summed E-state index contributed by atoms with van der Waals surface area (Å²) in [6.45, 7) is 0. The summed E-state index contributed by atoms with van der Waals surface area (Å²) in [6, 6.07) is 14.1. The average Bonchev–Trinajstić information content (AvgIpc) is 3.19. The maximum absolute atomic E-state index is 12.8. The van der Waals surface area contributed by atoms with Crippen molar-refractivity contribution >= 4 is 45.3 Å². The van der Waals surface area contributed by atoms with Crippen LogP contribution in [-0.4, -0.2) is 60.1 Å². The van der Waals surface area contributed by atoms with E-state index in [1.165, 1.54) is 18.9 Å². The van der Waals surface area contributed by atoms with Crippen LogP contribution >= 0.6 is 28.1 Å². The highest BCUT2D eigenvalue weighted by molar-refractivity contribution is 9.10.